The molecule has 0 unspecified atom stereocenters. The zero-order valence-corrected chi connectivity index (χ0v) is 8.54. The van der Waals surface area contributed by atoms with Crippen LogP contribution in [0.4, 0.5) is 0 Å². The van der Waals surface area contributed by atoms with Gasteiger partial charge in [-0.2, -0.15) is 0 Å². The summed E-state index contributed by atoms with van der Waals surface area (Å²) < 4.78 is 4.66. The molecule has 0 radical (unpaired) electrons. The van der Waals surface area contributed by atoms with Gasteiger partial charge in [-0.1, -0.05) is 25.6 Å². The summed E-state index contributed by atoms with van der Waals surface area (Å²) >= 11 is 0. The molecule has 2 heteroatoms. The first-order chi connectivity index (χ1) is 6.71. The van der Waals surface area contributed by atoms with Gasteiger partial charge in [-0.15, -0.1) is 0 Å². The fraction of sp³-hybridized carbons (Fsp3) is 0.250. The summed E-state index contributed by atoms with van der Waals surface area (Å²) in [6.07, 6.45) is 2.62. The van der Waals surface area contributed by atoms with E-state index in [4.69, 9.17) is 0 Å². The summed E-state index contributed by atoms with van der Waals surface area (Å²) in [6, 6.07) is 5.64. The highest BCUT2D eigenvalue weighted by Gasteiger charge is 2.06. The Hall–Kier alpha value is -1.57. The molecule has 0 aliphatic heterocycles. The number of rotatable bonds is 3. The SMILES string of the molecule is C=Cc1cc(CC)cc(C(=O)OC)c1.[HH]. The maximum atomic E-state index is 11.3. The fourth-order valence-electron chi connectivity index (χ4n) is 1.28. The van der Waals surface area contributed by atoms with Gasteiger partial charge in [-0.3, -0.25) is 0 Å². The Morgan fingerprint density at radius 2 is 2.29 bits per heavy atom. The van der Waals surface area contributed by atoms with E-state index in [1.54, 1.807) is 12.1 Å². The largest absolute Gasteiger partial charge is 0.465 e. The lowest BCUT2D eigenvalue weighted by atomic mass is 10.0. The number of hydrogen-bond donors (Lipinski definition) is 0. The first kappa shape index (κ1) is 10.5. The third-order valence-electron chi connectivity index (χ3n) is 2.08. The van der Waals surface area contributed by atoms with E-state index in [1.165, 1.54) is 7.11 Å². The van der Waals surface area contributed by atoms with Crippen molar-refractivity contribution in [2.24, 2.45) is 0 Å². The molecule has 0 aliphatic carbocycles. The Balaban J connectivity index is 0.00000196. The van der Waals surface area contributed by atoms with Gasteiger partial charge in [0.25, 0.3) is 0 Å². The van der Waals surface area contributed by atoms with Gasteiger partial charge in [0.2, 0.25) is 0 Å². The summed E-state index contributed by atoms with van der Waals surface area (Å²) in [4.78, 5) is 11.3. The zero-order chi connectivity index (χ0) is 10.6. The molecule has 0 aliphatic rings. The van der Waals surface area contributed by atoms with E-state index in [9.17, 15) is 4.79 Å². The maximum Gasteiger partial charge on any atom is 0.337 e. The molecule has 0 fully saturated rings. The third-order valence-corrected chi connectivity index (χ3v) is 2.08. The molecule has 0 heterocycles. The van der Waals surface area contributed by atoms with E-state index in [0.29, 0.717) is 5.56 Å². The van der Waals surface area contributed by atoms with Crippen molar-refractivity contribution >= 4 is 12.0 Å². The van der Waals surface area contributed by atoms with Crippen LogP contribution in [-0.4, -0.2) is 13.1 Å². The van der Waals surface area contributed by atoms with Crippen LogP contribution < -0.4 is 0 Å². The van der Waals surface area contributed by atoms with Crippen molar-refractivity contribution in [2.75, 3.05) is 7.11 Å². The molecule has 0 bridgehead atoms. The number of methoxy groups -OCH3 is 1. The standard InChI is InChI=1S/C12H14O2.H2/c1-4-9-6-10(5-2)8-11(7-9)12(13)14-3;/h4,6-8H,1,5H2,2-3H3;1H. The van der Waals surface area contributed by atoms with Gasteiger partial charge < -0.3 is 4.74 Å². The quantitative estimate of drug-likeness (QED) is 0.688. The number of aryl methyl sites for hydroxylation is 1. The van der Waals surface area contributed by atoms with Crippen molar-refractivity contribution in [1.82, 2.24) is 0 Å². The lowest BCUT2D eigenvalue weighted by molar-refractivity contribution is 0.0600. The van der Waals surface area contributed by atoms with Gasteiger partial charge in [0.1, 0.15) is 0 Å². The molecule has 14 heavy (non-hydrogen) atoms. The van der Waals surface area contributed by atoms with E-state index in [1.807, 2.05) is 19.1 Å². The Kier molecular flexibility index (Phi) is 3.46. The minimum Gasteiger partial charge on any atom is -0.465 e. The van der Waals surface area contributed by atoms with Crippen molar-refractivity contribution in [2.45, 2.75) is 13.3 Å². The van der Waals surface area contributed by atoms with Crippen molar-refractivity contribution in [3.63, 3.8) is 0 Å². The Bertz CT molecular complexity index is 359. The second-order valence-corrected chi connectivity index (χ2v) is 3.01. The van der Waals surface area contributed by atoms with Crippen LogP contribution in [0.3, 0.4) is 0 Å². The van der Waals surface area contributed by atoms with E-state index < -0.39 is 0 Å². The van der Waals surface area contributed by atoms with Crippen molar-refractivity contribution < 1.29 is 11.0 Å². The van der Waals surface area contributed by atoms with Gasteiger partial charge >= 0.3 is 5.97 Å². The predicted molar refractivity (Wildman–Crippen MR) is 59.4 cm³/mol. The number of hydrogen-bond acceptors (Lipinski definition) is 2. The van der Waals surface area contributed by atoms with Crippen LogP contribution in [-0.2, 0) is 11.2 Å². The van der Waals surface area contributed by atoms with Gasteiger partial charge in [0.15, 0.2) is 0 Å². The molecule has 0 N–H and O–H groups in total. The van der Waals surface area contributed by atoms with E-state index in [2.05, 4.69) is 11.3 Å². The minimum absolute atomic E-state index is 0. The average Bonchev–Trinajstić information content (AvgIpc) is 2.27. The van der Waals surface area contributed by atoms with Crippen LogP contribution >= 0.6 is 0 Å². The molecule has 76 valence electrons. The van der Waals surface area contributed by atoms with E-state index in [-0.39, 0.29) is 7.40 Å². The van der Waals surface area contributed by atoms with Crippen LogP contribution in [0.2, 0.25) is 0 Å². The van der Waals surface area contributed by atoms with Crippen molar-refractivity contribution in [1.29, 1.82) is 0 Å². The highest BCUT2D eigenvalue weighted by Crippen LogP contribution is 2.13. The van der Waals surface area contributed by atoms with Gasteiger partial charge in [0.05, 0.1) is 12.7 Å². The van der Waals surface area contributed by atoms with E-state index >= 15 is 0 Å². The molecule has 0 amide bonds. The molecular weight excluding hydrogens is 176 g/mol. The highest BCUT2D eigenvalue weighted by molar-refractivity contribution is 5.90. The molecule has 2 nitrogen and oxygen atoms in total. The van der Waals surface area contributed by atoms with Gasteiger partial charge in [-0.25, -0.2) is 4.79 Å². The third kappa shape index (κ3) is 2.22. The molecule has 1 aromatic carbocycles. The molecule has 1 aromatic rings. The predicted octanol–water partition coefficient (Wildman–Crippen LogP) is 2.92. The van der Waals surface area contributed by atoms with Crippen LogP contribution in [0.25, 0.3) is 6.08 Å². The summed E-state index contributed by atoms with van der Waals surface area (Å²) in [5.41, 5.74) is 2.65. The zero-order valence-electron chi connectivity index (χ0n) is 8.54. The second kappa shape index (κ2) is 4.61. The molecule has 0 saturated carbocycles. The Labute approximate surface area is 85.7 Å². The van der Waals surface area contributed by atoms with Crippen LogP contribution in [0.15, 0.2) is 24.8 Å². The molecular formula is C12H16O2. The van der Waals surface area contributed by atoms with Gasteiger partial charge in [0, 0.05) is 1.43 Å². The van der Waals surface area contributed by atoms with Crippen molar-refractivity contribution in [3.05, 3.63) is 41.5 Å². The smallest absolute Gasteiger partial charge is 0.337 e. The molecule has 0 aromatic heterocycles. The topological polar surface area (TPSA) is 26.3 Å². The number of carbonyl (C=O) groups is 1. The summed E-state index contributed by atoms with van der Waals surface area (Å²) in [7, 11) is 1.38. The van der Waals surface area contributed by atoms with Crippen LogP contribution in [0.5, 0.6) is 0 Å². The molecule has 0 atom stereocenters. The highest BCUT2D eigenvalue weighted by atomic mass is 16.5. The molecule has 0 spiro atoms. The minimum atomic E-state index is -0.302. The Morgan fingerprint density at radius 3 is 2.79 bits per heavy atom. The normalized spacial score (nSPS) is 9.57. The first-order valence-corrected chi connectivity index (χ1v) is 4.56. The summed E-state index contributed by atoms with van der Waals surface area (Å²) in [5, 5.41) is 0. The lowest BCUT2D eigenvalue weighted by Crippen LogP contribution is -2.02. The number of esters is 1. The van der Waals surface area contributed by atoms with Crippen LogP contribution in [0.1, 0.15) is 29.8 Å². The van der Waals surface area contributed by atoms with E-state index in [0.717, 1.165) is 17.5 Å². The summed E-state index contributed by atoms with van der Waals surface area (Å²) in [5.74, 6) is -0.302. The van der Waals surface area contributed by atoms with Crippen molar-refractivity contribution in [3.8, 4) is 0 Å². The number of carbonyl (C=O) groups excluding carboxylic acids is 1. The van der Waals surface area contributed by atoms with Crippen LogP contribution in [0, 0.1) is 0 Å². The maximum absolute atomic E-state index is 11.3. The molecule has 1 rings (SSSR count). The first-order valence-electron chi connectivity index (χ1n) is 4.56. The second-order valence-electron chi connectivity index (χ2n) is 3.01. The number of ether oxygens (including phenoxy) is 1. The molecule has 0 saturated heterocycles. The number of benzene rings is 1. The monoisotopic (exact) mass is 192 g/mol. The average molecular weight is 192 g/mol. The summed E-state index contributed by atoms with van der Waals surface area (Å²) in [6.45, 7) is 5.73. The fourth-order valence-corrected chi connectivity index (χ4v) is 1.28. The Morgan fingerprint density at radius 1 is 1.57 bits per heavy atom. The lowest BCUT2D eigenvalue weighted by Gasteiger charge is -2.04. The van der Waals surface area contributed by atoms with Gasteiger partial charge in [-0.05, 0) is 29.7 Å².